The van der Waals surface area contributed by atoms with Gasteiger partial charge >= 0.3 is 0 Å². The molecule has 0 aliphatic carbocycles. The minimum atomic E-state index is 0.0716. The number of H-pyrrole nitrogens is 1. The molecule has 2 aromatic heterocycles. The second-order valence-corrected chi connectivity index (χ2v) is 7.57. The van der Waals surface area contributed by atoms with Crippen molar-refractivity contribution in [3.05, 3.63) is 49.3 Å². The molecule has 1 fully saturated rings. The predicted octanol–water partition coefficient (Wildman–Crippen LogP) is 2.58. The minimum Gasteiger partial charge on any atom is -0.311 e. The van der Waals surface area contributed by atoms with E-state index in [1.54, 1.807) is 0 Å². The van der Waals surface area contributed by atoms with Crippen LogP contribution in [0.15, 0.2) is 16.2 Å². The molecule has 1 N–H and O–H groups in total. The van der Waals surface area contributed by atoms with E-state index in [9.17, 15) is 4.79 Å². The van der Waals surface area contributed by atoms with E-state index in [1.807, 2.05) is 18.3 Å². The van der Waals surface area contributed by atoms with Crippen LogP contribution in [-0.2, 0) is 19.4 Å². The van der Waals surface area contributed by atoms with Crippen LogP contribution in [0.1, 0.15) is 40.4 Å². The maximum atomic E-state index is 12.3. The highest BCUT2D eigenvalue weighted by Gasteiger charge is 2.38. The predicted molar refractivity (Wildman–Crippen MR) is 88.4 cm³/mol. The summed E-state index contributed by atoms with van der Waals surface area (Å²) in [4.78, 5) is 23.9. The molecule has 4 heterocycles. The molecule has 5 heteroatoms. The van der Waals surface area contributed by atoms with Crippen molar-refractivity contribution in [1.29, 1.82) is 0 Å². The van der Waals surface area contributed by atoms with Crippen molar-refractivity contribution in [2.24, 2.45) is 0 Å². The molecule has 2 bridgehead atoms. The van der Waals surface area contributed by atoms with E-state index in [0.29, 0.717) is 12.1 Å². The van der Waals surface area contributed by atoms with Crippen LogP contribution in [0.4, 0.5) is 0 Å². The summed E-state index contributed by atoms with van der Waals surface area (Å²) >= 11 is 1.85. The van der Waals surface area contributed by atoms with Crippen LogP contribution in [-0.4, -0.2) is 27.0 Å². The third kappa shape index (κ3) is 2.32. The smallest absolute Gasteiger partial charge is 0.254 e. The zero-order chi connectivity index (χ0) is 15.3. The van der Waals surface area contributed by atoms with Gasteiger partial charge in [-0.05, 0) is 50.1 Å². The first-order chi connectivity index (χ1) is 10.6. The molecule has 22 heavy (non-hydrogen) atoms. The summed E-state index contributed by atoms with van der Waals surface area (Å²) in [5, 5.41) is 2.18. The first kappa shape index (κ1) is 14.2. The maximum Gasteiger partial charge on any atom is 0.254 e. The molecule has 0 spiro atoms. The topological polar surface area (TPSA) is 49.0 Å². The highest BCUT2D eigenvalue weighted by atomic mass is 32.1. The summed E-state index contributed by atoms with van der Waals surface area (Å²) in [5.74, 6) is 0.738. The van der Waals surface area contributed by atoms with E-state index in [4.69, 9.17) is 0 Å². The average Bonchev–Trinajstić information content (AvgIpc) is 2.97. The summed E-state index contributed by atoms with van der Waals surface area (Å²) in [6.07, 6.45) is 4.18. The lowest BCUT2D eigenvalue weighted by atomic mass is 9.98. The van der Waals surface area contributed by atoms with Crippen LogP contribution in [0.25, 0.3) is 0 Å². The molecule has 2 aliphatic heterocycles. The number of rotatable bonds is 2. The molecule has 4 nitrogen and oxygen atoms in total. The molecule has 2 aromatic rings. The van der Waals surface area contributed by atoms with Crippen LogP contribution in [0.5, 0.6) is 0 Å². The van der Waals surface area contributed by atoms with Gasteiger partial charge in [0.05, 0.1) is 5.69 Å². The quantitative estimate of drug-likeness (QED) is 0.926. The largest absolute Gasteiger partial charge is 0.311 e. The summed E-state index contributed by atoms with van der Waals surface area (Å²) < 4.78 is 0. The highest BCUT2D eigenvalue weighted by molar-refractivity contribution is 7.10. The van der Waals surface area contributed by atoms with Gasteiger partial charge in [0, 0.05) is 35.5 Å². The Bertz CT molecular complexity index is 764. The van der Waals surface area contributed by atoms with Gasteiger partial charge in [0.25, 0.3) is 5.56 Å². The van der Waals surface area contributed by atoms with E-state index in [1.165, 1.54) is 23.3 Å². The van der Waals surface area contributed by atoms with E-state index in [0.717, 1.165) is 36.5 Å². The molecular weight excluding hydrogens is 294 g/mol. The number of aromatic amines is 1. The van der Waals surface area contributed by atoms with Crippen LogP contribution in [0, 0.1) is 13.8 Å². The minimum absolute atomic E-state index is 0.0716. The summed E-state index contributed by atoms with van der Waals surface area (Å²) in [7, 11) is 0. The molecule has 116 valence electrons. The Balaban J connectivity index is 1.67. The molecular formula is C17H21N3OS. The van der Waals surface area contributed by atoms with Crippen molar-refractivity contribution in [2.75, 3.05) is 0 Å². The van der Waals surface area contributed by atoms with Gasteiger partial charge < -0.3 is 4.98 Å². The van der Waals surface area contributed by atoms with Gasteiger partial charge in [-0.1, -0.05) is 0 Å². The van der Waals surface area contributed by atoms with Crippen LogP contribution < -0.4 is 5.56 Å². The number of nitrogens with one attached hydrogen (secondary N) is 1. The van der Waals surface area contributed by atoms with Gasteiger partial charge in [0.2, 0.25) is 0 Å². The number of hydrogen-bond acceptors (Lipinski definition) is 4. The zero-order valence-electron chi connectivity index (χ0n) is 13.1. The summed E-state index contributed by atoms with van der Waals surface area (Å²) in [6, 6.07) is 3.21. The normalized spacial score (nSPS) is 24.3. The Kier molecular flexibility index (Phi) is 3.42. The highest BCUT2D eigenvalue weighted by Crippen LogP contribution is 2.34. The van der Waals surface area contributed by atoms with Gasteiger partial charge in [-0.25, -0.2) is 4.98 Å². The van der Waals surface area contributed by atoms with Gasteiger partial charge in [-0.15, -0.1) is 11.3 Å². The fourth-order valence-electron chi connectivity index (χ4n) is 3.95. The fraction of sp³-hybridized carbons (Fsp3) is 0.529. The number of aromatic nitrogens is 2. The molecule has 0 radical (unpaired) electrons. The average molecular weight is 315 g/mol. The van der Waals surface area contributed by atoms with Gasteiger partial charge in [-0.3, -0.25) is 9.69 Å². The third-order valence-electron chi connectivity index (χ3n) is 5.15. The number of aryl methyl sites for hydroxylation is 2. The van der Waals surface area contributed by atoms with E-state index >= 15 is 0 Å². The van der Waals surface area contributed by atoms with Crippen molar-refractivity contribution >= 4 is 11.3 Å². The molecule has 0 amide bonds. The lowest BCUT2D eigenvalue weighted by Crippen LogP contribution is -2.36. The molecule has 2 aliphatic rings. The van der Waals surface area contributed by atoms with Gasteiger partial charge in [-0.2, -0.15) is 0 Å². The monoisotopic (exact) mass is 315 g/mol. The first-order valence-electron chi connectivity index (χ1n) is 7.99. The molecule has 4 rings (SSSR count). The lowest BCUT2D eigenvalue weighted by molar-refractivity contribution is 0.189. The summed E-state index contributed by atoms with van der Waals surface area (Å²) in [5.41, 5.74) is 3.41. The van der Waals surface area contributed by atoms with Crippen molar-refractivity contribution in [2.45, 2.75) is 58.2 Å². The number of nitrogens with zero attached hydrogens (tertiary/aromatic N) is 2. The second kappa shape index (κ2) is 5.32. The summed E-state index contributed by atoms with van der Waals surface area (Å²) in [6.45, 7) is 5.08. The Labute approximate surface area is 134 Å². The van der Waals surface area contributed by atoms with Crippen molar-refractivity contribution in [1.82, 2.24) is 14.9 Å². The van der Waals surface area contributed by atoms with E-state index in [-0.39, 0.29) is 5.56 Å². The SMILES string of the molecule is Cc1nc2c(c(=O)[nH]1)C[C@H]1CC[C@H](C2)N1Cc1sccc1C. The van der Waals surface area contributed by atoms with Gasteiger partial charge in [0.15, 0.2) is 0 Å². The molecule has 0 aromatic carbocycles. The Morgan fingerprint density at radius 1 is 1.32 bits per heavy atom. The number of fused-ring (bicyclic) bond motifs is 3. The molecule has 0 saturated carbocycles. The lowest BCUT2D eigenvalue weighted by Gasteiger charge is -2.27. The molecule has 1 saturated heterocycles. The fourth-order valence-corrected chi connectivity index (χ4v) is 4.86. The van der Waals surface area contributed by atoms with E-state index in [2.05, 4.69) is 33.2 Å². The van der Waals surface area contributed by atoms with Crippen LogP contribution in [0.2, 0.25) is 0 Å². The zero-order valence-corrected chi connectivity index (χ0v) is 13.9. The number of thiophene rings is 1. The first-order valence-corrected chi connectivity index (χ1v) is 8.87. The standard InChI is InChI=1S/C17H21N3OS/c1-10-5-6-22-16(10)9-20-12-3-4-13(20)8-15-14(7-12)17(21)19-11(2)18-15/h5-6,12-13H,3-4,7-9H2,1-2H3,(H,18,19,21)/t12-,13-/m1/s1. The molecule has 0 unspecified atom stereocenters. The Hall–Kier alpha value is -1.46. The van der Waals surface area contributed by atoms with Crippen molar-refractivity contribution in [3.63, 3.8) is 0 Å². The Morgan fingerprint density at radius 2 is 2.09 bits per heavy atom. The van der Waals surface area contributed by atoms with Gasteiger partial charge in [0.1, 0.15) is 5.82 Å². The van der Waals surface area contributed by atoms with Crippen molar-refractivity contribution in [3.8, 4) is 0 Å². The maximum absolute atomic E-state index is 12.3. The molecule has 2 atom stereocenters. The third-order valence-corrected chi connectivity index (χ3v) is 6.16. The van der Waals surface area contributed by atoms with Crippen molar-refractivity contribution < 1.29 is 0 Å². The Morgan fingerprint density at radius 3 is 2.82 bits per heavy atom. The second-order valence-electron chi connectivity index (χ2n) is 6.57. The number of hydrogen-bond donors (Lipinski definition) is 1. The van der Waals surface area contributed by atoms with Crippen LogP contribution >= 0.6 is 11.3 Å². The van der Waals surface area contributed by atoms with E-state index < -0.39 is 0 Å². The van der Waals surface area contributed by atoms with Crippen LogP contribution in [0.3, 0.4) is 0 Å².